The second-order valence-electron chi connectivity index (χ2n) is 17.0. The summed E-state index contributed by atoms with van der Waals surface area (Å²) in [6, 6.07) is 24.6. The molecule has 3 aromatic carbocycles. The molecule has 2 aromatic heterocycles. The van der Waals surface area contributed by atoms with Crippen molar-refractivity contribution in [2.45, 2.75) is 89.5 Å². The van der Waals surface area contributed by atoms with E-state index in [0.717, 1.165) is 68.1 Å². The first-order valence-corrected chi connectivity index (χ1v) is 20.6. The van der Waals surface area contributed by atoms with Gasteiger partial charge in [0.15, 0.2) is 5.65 Å². The Morgan fingerprint density at radius 2 is 1.61 bits per heavy atom. The zero-order valence-corrected chi connectivity index (χ0v) is 34.3. The van der Waals surface area contributed by atoms with Crippen LogP contribution in [0, 0.1) is 5.82 Å². The number of carbonyl (C=O) groups excluding carboxylic acids is 1. The van der Waals surface area contributed by atoms with Crippen molar-refractivity contribution in [3.63, 3.8) is 0 Å². The third-order valence-corrected chi connectivity index (χ3v) is 11.7. The fourth-order valence-electron chi connectivity index (χ4n) is 8.68. The predicted octanol–water partition coefficient (Wildman–Crippen LogP) is 6.48. The summed E-state index contributed by atoms with van der Waals surface area (Å²) in [7, 11) is 2.16. The van der Waals surface area contributed by atoms with Gasteiger partial charge in [-0.1, -0.05) is 66.7 Å². The molecule has 3 heterocycles. The number of hydrogen-bond acceptors (Lipinski definition) is 7. The van der Waals surface area contributed by atoms with E-state index in [2.05, 4.69) is 51.4 Å². The van der Waals surface area contributed by atoms with E-state index in [1.165, 1.54) is 19.6 Å². The molecule has 310 valence electrons. The first kappa shape index (κ1) is 41.5. The Morgan fingerprint density at radius 3 is 2.31 bits per heavy atom. The number of nitrogens with one attached hydrogen (secondary N) is 1. The summed E-state index contributed by atoms with van der Waals surface area (Å²) in [5.74, 6) is -1.09. The van der Waals surface area contributed by atoms with E-state index in [-0.39, 0.29) is 23.5 Å². The molecule has 7 rings (SSSR count). The van der Waals surface area contributed by atoms with Crippen LogP contribution in [0.25, 0.3) is 27.8 Å². The molecule has 0 spiro atoms. The molecule has 2 amide bonds. The van der Waals surface area contributed by atoms with Crippen molar-refractivity contribution in [3.05, 3.63) is 129 Å². The summed E-state index contributed by atoms with van der Waals surface area (Å²) in [4.78, 5) is 65.3. The van der Waals surface area contributed by atoms with Crippen molar-refractivity contribution in [2.24, 2.45) is 0 Å². The number of halogens is 1. The Balaban J connectivity index is 1.13. The van der Waals surface area contributed by atoms with Crippen molar-refractivity contribution in [2.75, 3.05) is 33.2 Å². The summed E-state index contributed by atoms with van der Waals surface area (Å²) in [6.07, 6.45) is 2.84. The van der Waals surface area contributed by atoms with Crippen molar-refractivity contribution >= 4 is 23.0 Å². The third kappa shape index (κ3) is 9.47. The Hall–Kier alpha value is -5.66. The quantitative estimate of drug-likeness (QED) is 0.164. The number of carbonyl (C=O) groups is 2. The average molecular weight is 804 g/mol. The van der Waals surface area contributed by atoms with E-state index in [4.69, 9.17) is 0 Å². The van der Waals surface area contributed by atoms with Gasteiger partial charge in [-0.05, 0) is 113 Å². The van der Waals surface area contributed by atoms with Crippen molar-refractivity contribution in [3.8, 4) is 16.8 Å². The van der Waals surface area contributed by atoms with Crippen LogP contribution in [0.15, 0.2) is 101 Å². The molecular formula is C46H54FN7O5. The highest BCUT2D eigenvalue weighted by atomic mass is 19.1. The zero-order chi connectivity index (χ0) is 41.8. The maximum Gasteiger partial charge on any atom is 0.408 e. The Morgan fingerprint density at radius 1 is 0.881 bits per heavy atom. The van der Waals surface area contributed by atoms with Gasteiger partial charge in [-0.2, -0.15) is 0 Å². The van der Waals surface area contributed by atoms with Gasteiger partial charge in [-0.3, -0.25) is 24.0 Å². The Bertz CT molecular complexity index is 2400. The predicted molar refractivity (Wildman–Crippen MR) is 227 cm³/mol. The van der Waals surface area contributed by atoms with E-state index >= 15 is 0 Å². The lowest BCUT2D eigenvalue weighted by atomic mass is 9.90. The minimum absolute atomic E-state index is 0.00538. The normalized spacial score (nSPS) is 18.6. The van der Waals surface area contributed by atoms with Gasteiger partial charge in [-0.15, -0.1) is 0 Å². The number of benzene rings is 3. The first-order valence-electron chi connectivity index (χ1n) is 20.6. The van der Waals surface area contributed by atoms with Crippen molar-refractivity contribution in [1.82, 2.24) is 34.1 Å². The Kier molecular flexibility index (Phi) is 12.4. The topological polar surface area (TPSA) is 133 Å². The van der Waals surface area contributed by atoms with Gasteiger partial charge in [0, 0.05) is 43.7 Å². The number of fused-ring (bicyclic) bond motifs is 1. The molecule has 59 heavy (non-hydrogen) atoms. The summed E-state index contributed by atoms with van der Waals surface area (Å²) in [5.41, 5.74) is 2.43. The molecule has 5 aromatic rings. The first-order chi connectivity index (χ1) is 28.3. The highest BCUT2D eigenvalue weighted by molar-refractivity contribution is 5.86. The molecule has 0 unspecified atom stereocenters. The molecule has 2 N–H and O–H groups in total. The number of hydrogen-bond donors (Lipinski definition) is 2. The SMILES string of the molecule is CN1CCCN(Cc2ccc(-c3cccc(-n4c(=O)n([C@H]5CC[C@@H](NC(=O)[C@H](Cc6ccccc6)N(C(=O)O)C(C)(C)C)CC5)c(=O)c5cc(F)cnc54)c3)cc2)CC1. The number of rotatable bonds is 10. The largest absolute Gasteiger partial charge is 0.465 e. The lowest BCUT2D eigenvalue weighted by molar-refractivity contribution is -0.128. The van der Waals surface area contributed by atoms with Crippen LogP contribution in [-0.4, -0.2) is 96.8 Å². The number of amides is 2. The standard InChI is InChI=1S/C46H54FN7O5/c1-46(2,3)54(45(58)59)40(26-31-10-6-5-7-11-31)42(55)49-36-18-20-37(21-19-36)53-43(56)39-28-35(47)29-48-41(39)52(44(53)57)38-13-8-12-34(27-38)33-16-14-32(15-17-33)30-51-23-9-22-50(4)24-25-51/h5-8,10-17,27-29,36-37,40H,9,18-26,30H2,1-4H3,(H,49,55)(H,58,59)/t36-,37+,40-/m0/s1. The van der Waals surface area contributed by atoms with Crippen molar-refractivity contribution in [1.29, 1.82) is 0 Å². The second kappa shape index (κ2) is 17.7. The average Bonchev–Trinajstić information content (AvgIpc) is 3.42. The highest BCUT2D eigenvalue weighted by Crippen LogP contribution is 2.29. The van der Waals surface area contributed by atoms with Gasteiger partial charge < -0.3 is 15.3 Å². The number of likely N-dealkylation sites (N-methyl/N-ethyl adjacent to an activating group) is 1. The van der Waals surface area contributed by atoms with Crippen molar-refractivity contribution < 1.29 is 19.1 Å². The van der Waals surface area contributed by atoms with E-state index in [1.54, 1.807) is 26.8 Å². The monoisotopic (exact) mass is 803 g/mol. The van der Waals surface area contributed by atoms with E-state index < -0.39 is 46.7 Å². The number of pyridine rings is 1. The molecular weight excluding hydrogens is 750 g/mol. The summed E-state index contributed by atoms with van der Waals surface area (Å²) >= 11 is 0. The lowest BCUT2D eigenvalue weighted by Gasteiger charge is -2.40. The van der Waals surface area contributed by atoms with E-state index in [1.807, 2.05) is 48.5 Å². The van der Waals surface area contributed by atoms with Crippen LogP contribution in [0.5, 0.6) is 0 Å². The van der Waals surface area contributed by atoms with Crippen LogP contribution in [0.1, 0.15) is 70.0 Å². The van der Waals surface area contributed by atoms with Gasteiger partial charge in [0.05, 0.1) is 17.3 Å². The van der Waals surface area contributed by atoms with Crippen LogP contribution < -0.4 is 16.6 Å². The molecule has 1 aliphatic heterocycles. The molecule has 1 saturated carbocycles. The molecule has 1 atom stereocenters. The van der Waals surface area contributed by atoms with E-state index in [0.29, 0.717) is 31.4 Å². The summed E-state index contributed by atoms with van der Waals surface area (Å²) in [5, 5.41) is 13.3. The van der Waals surface area contributed by atoms with Gasteiger partial charge in [0.25, 0.3) is 5.56 Å². The van der Waals surface area contributed by atoms with Crippen LogP contribution in [-0.2, 0) is 17.8 Å². The third-order valence-electron chi connectivity index (χ3n) is 11.7. The number of carboxylic acid groups (broad SMARTS) is 1. The minimum atomic E-state index is -1.19. The number of nitrogens with zero attached hydrogens (tertiary/aromatic N) is 6. The molecule has 2 fully saturated rings. The summed E-state index contributed by atoms with van der Waals surface area (Å²) in [6.45, 7) is 10.4. The maximum absolute atomic E-state index is 14.7. The Labute approximate surface area is 343 Å². The van der Waals surface area contributed by atoms with Gasteiger partial charge >= 0.3 is 11.8 Å². The van der Waals surface area contributed by atoms with Crippen LogP contribution >= 0.6 is 0 Å². The second-order valence-corrected chi connectivity index (χ2v) is 17.0. The minimum Gasteiger partial charge on any atom is -0.465 e. The van der Waals surface area contributed by atoms with Gasteiger partial charge in [0.2, 0.25) is 5.91 Å². The molecule has 12 nitrogen and oxygen atoms in total. The number of aromatic nitrogens is 3. The fourth-order valence-corrected chi connectivity index (χ4v) is 8.68. The van der Waals surface area contributed by atoms with Crippen LogP contribution in [0.3, 0.4) is 0 Å². The maximum atomic E-state index is 14.7. The molecule has 1 saturated heterocycles. The van der Waals surface area contributed by atoms with Gasteiger partial charge in [0.1, 0.15) is 11.9 Å². The fraction of sp³-hybridized carbons (Fsp3) is 0.413. The molecule has 13 heteroatoms. The smallest absolute Gasteiger partial charge is 0.408 e. The molecule has 2 aliphatic rings. The van der Waals surface area contributed by atoms with E-state index in [9.17, 15) is 28.7 Å². The van der Waals surface area contributed by atoms with Crippen LogP contribution in [0.4, 0.5) is 9.18 Å². The highest BCUT2D eigenvalue weighted by Gasteiger charge is 2.39. The molecule has 0 radical (unpaired) electrons. The van der Waals surface area contributed by atoms with Gasteiger partial charge in [-0.25, -0.2) is 23.5 Å². The lowest BCUT2D eigenvalue weighted by Crippen LogP contribution is -2.59. The molecule has 0 bridgehead atoms. The van der Waals surface area contributed by atoms with Crippen LogP contribution in [0.2, 0.25) is 0 Å². The zero-order valence-electron chi connectivity index (χ0n) is 34.3. The molecule has 1 aliphatic carbocycles. The summed E-state index contributed by atoms with van der Waals surface area (Å²) < 4.78 is 17.3.